The van der Waals surface area contributed by atoms with Gasteiger partial charge in [0.1, 0.15) is 11.6 Å². The molecule has 3 rings (SSSR count). The van der Waals surface area contributed by atoms with Gasteiger partial charge in [-0.1, -0.05) is 0 Å². The van der Waals surface area contributed by atoms with E-state index in [1.807, 2.05) is 6.92 Å². The molecule has 8 heteroatoms. The third-order valence-corrected chi connectivity index (χ3v) is 4.15. The van der Waals surface area contributed by atoms with Gasteiger partial charge in [0.25, 0.3) is 0 Å². The number of nitrogens with zero attached hydrogens (tertiary/aromatic N) is 2. The van der Waals surface area contributed by atoms with E-state index in [4.69, 9.17) is 24.7 Å². The molecule has 1 aromatic heterocycles. The maximum absolute atomic E-state index is 9.62. The number of nitriles is 1. The van der Waals surface area contributed by atoms with Crippen LogP contribution in [-0.4, -0.2) is 31.5 Å². The number of nitrogens with one attached hydrogen (secondary N) is 1. The highest BCUT2D eigenvalue weighted by Crippen LogP contribution is 2.47. The van der Waals surface area contributed by atoms with Gasteiger partial charge in [-0.2, -0.15) is 5.26 Å². The molecule has 0 bridgehead atoms. The van der Waals surface area contributed by atoms with Crippen LogP contribution in [0.25, 0.3) is 0 Å². The number of aryl methyl sites for hydroxylation is 1. The molecule has 0 amide bonds. The number of H-pyrrole nitrogens is 1. The number of benzene rings is 1. The van der Waals surface area contributed by atoms with Crippen LogP contribution in [0, 0.1) is 18.3 Å². The normalized spacial score (nSPS) is 15.9. The fraction of sp³-hybridized carbons (Fsp3) is 0.294. The van der Waals surface area contributed by atoms with Crippen molar-refractivity contribution in [1.82, 2.24) is 10.2 Å². The Hall–Kier alpha value is -3.34. The van der Waals surface area contributed by atoms with E-state index in [0.29, 0.717) is 28.7 Å². The zero-order valence-corrected chi connectivity index (χ0v) is 14.3. The Bertz CT molecular complexity index is 870. The number of methoxy groups -OCH3 is 3. The Morgan fingerprint density at radius 2 is 1.84 bits per heavy atom. The second-order valence-electron chi connectivity index (χ2n) is 5.45. The fourth-order valence-electron chi connectivity index (χ4n) is 3.00. The summed E-state index contributed by atoms with van der Waals surface area (Å²) in [5.41, 5.74) is 8.52. The van der Waals surface area contributed by atoms with Crippen molar-refractivity contribution < 1.29 is 18.9 Å². The average Bonchev–Trinajstić information content (AvgIpc) is 2.99. The maximum atomic E-state index is 9.62. The second-order valence-corrected chi connectivity index (χ2v) is 5.45. The minimum absolute atomic E-state index is 0.0280. The van der Waals surface area contributed by atoms with Gasteiger partial charge in [0, 0.05) is 11.3 Å². The van der Waals surface area contributed by atoms with Crippen molar-refractivity contribution in [3.63, 3.8) is 0 Å². The summed E-state index contributed by atoms with van der Waals surface area (Å²) in [6.07, 6.45) is 0. The summed E-state index contributed by atoms with van der Waals surface area (Å²) in [5.74, 6) is 1.37. The van der Waals surface area contributed by atoms with Gasteiger partial charge in [-0.25, -0.2) is 0 Å². The number of hydrogen-bond acceptors (Lipinski definition) is 7. The highest BCUT2D eigenvalue weighted by molar-refractivity contribution is 5.61. The fourth-order valence-corrected chi connectivity index (χ4v) is 3.00. The number of nitrogens with two attached hydrogens (primary N) is 1. The topological polar surface area (TPSA) is 115 Å². The SMILES string of the molecule is COc1cc([C@@H]2C(C#N)=C(N)Oc3n[nH]c(C)c32)cc(OC)c1OC. The van der Waals surface area contributed by atoms with Gasteiger partial charge in [-0.05, 0) is 24.6 Å². The lowest BCUT2D eigenvalue weighted by molar-refractivity contribution is 0.323. The zero-order chi connectivity index (χ0) is 18.1. The monoisotopic (exact) mass is 342 g/mol. The van der Waals surface area contributed by atoms with Crippen molar-refractivity contribution in [1.29, 1.82) is 5.26 Å². The maximum Gasteiger partial charge on any atom is 0.244 e. The van der Waals surface area contributed by atoms with Gasteiger partial charge in [0.15, 0.2) is 11.5 Å². The van der Waals surface area contributed by atoms with E-state index in [2.05, 4.69) is 16.3 Å². The number of allylic oxidation sites excluding steroid dienone is 1. The Morgan fingerprint density at radius 3 is 2.36 bits per heavy atom. The smallest absolute Gasteiger partial charge is 0.244 e. The van der Waals surface area contributed by atoms with Crippen LogP contribution in [0.1, 0.15) is 22.7 Å². The molecule has 0 radical (unpaired) electrons. The summed E-state index contributed by atoms with van der Waals surface area (Å²) < 4.78 is 21.7. The van der Waals surface area contributed by atoms with Crippen LogP contribution in [-0.2, 0) is 0 Å². The number of aromatic nitrogens is 2. The highest BCUT2D eigenvalue weighted by Gasteiger charge is 2.35. The summed E-state index contributed by atoms with van der Waals surface area (Å²) in [6, 6.07) is 5.72. The Morgan fingerprint density at radius 1 is 1.20 bits per heavy atom. The summed E-state index contributed by atoms with van der Waals surface area (Å²) >= 11 is 0. The van der Waals surface area contributed by atoms with Crippen molar-refractivity contribution >= 4 is 0 Å². The molecule has 1 aliphatic rings. The van der Waals surface area contributed by atoms with Gasteiger partial charge in [-0.3, -0.25) is 5.10 Å². The molecule has 0 unspecified atom stereocenters. The molecule has 0 fully saturated rings. The van der Waals surface area contributed by atoms with E-state index in [1.54, 1.807) is 12.1 Å². The number of fused-ring (bicyclic) bond motifs is 1. The molecule has 0 saturated heterocycles. The molecule has 8 nitrogen and oxygen atoms in total. The largest absolute Gasteiger partial charge is 0.493 e. The molecular weight excluding hydrogens is 324 g/mol. The van der Waals surface area contributed by atoms with E-state index in [0.717, 1.165) is 16.8 Å². The van der Waals surface area contributed by atoms with E-state index in [9.17, 15) is 5.26 Å². The summed E-state index contributed by atoms with van der Waals surface area (Å²) in [6.45, 7) is 1.86. The molecule has 1 aromatic carbocycles. The van der Waals surface area contributed by atoms with Crippen molar-refractivity contribution in [3.05, 3.63) is 40.4 Å². The average molecular weight is 342 g/mol. The molecule has 1 atom stereocenters. The standard InChI is InChI=1S/C17H18N4O4/c1-8-13-14(10(7-18)16(19)25-17(13)21-20-8)9-5-11(22-2)15(24-4)12(6-9)23-3/h5-6,14H,19H2,1-4H3,(H,20,21)/t14-/m1/s1. The van der Waals surface area contributed by atoms with Crippen LogP contribution < -0.4 is 24.7 Å². The van der Waals surface area contributed by atoms with Crippen LogP contribution >= 0.6 is 0 Å². The first-order valence-corrected chi connectivity index (χ1v) is 7.48. The first kappa shape index (κ1) is 16.5. The lowest BCUT2D eigenvalue weighted by Gasteiger charge is -2.25. The first-order valence-electron chi connectivity index (χ1n) is 7.48. The molecule has 2 aromatic rings. The molecule has 130 valence electrons. The predicted molar refractivity (Wildman–Crippen MR) is 88.7 cm³/mol. The van der Waals surface area contributed by atoms with E-state index >= 15 is 0 Å². The van der Waals surface area contributed by atoms with Crippen molar-refractivity contribution in [3.8, 4) is 29.2 Å². The molecule has 25 heavy (non-hydrogen) atoms. The summed E-state index contributed by atoms with van der Waals surface area (Å²) in [7, 11) is 4.61. The minimum atomic E-state index is -0.457. The van der Waals surface area contributed by atoms with Gasteiger partial charge < -0.3 is 24.7 Å². The summed E-state index contributed by atoms with van der Waals surface area (Å²) in [5, 5.41) is 16.6. The van der Waals surface area contributed by atoms with Crippen LogP contribution in [0.15, 0.2) is 23.6 Å². The number of hydrogen-bond donors (Lipinski definition) is 2. The Labute approximate surface area is 144 Å². The molecule has 1 aliphatic heterocycles. The van der Waals surface area contributed by atoms with Crippen LogP contribution in [0.2, 0.25) is 0 Å². The third-order valence-electron chi connectivity index (χ3n) is 4.15. The lowest BCUT2D eigenvalue weighted by Crippen LogP contribution is -2.21. The summed E-state index contributed by atoms with van der Waals surface area (Å²) in [4.78, 5) is 0. The number of ether oxygens (including phenoxy) is 4. The van der Waals surface area contributed by atoms with Gasteiger partial charge in [-0.15, -0.1) is 5.10 Å². The predicted octanol–water partition coefficient (Wildman–Crippen LogP) is 1.96. The highest BCUT2D eigenvalue weighted by atomic mass is 16.5. The first-order chi connectivity index (χ1) is 12.0. The number of rotatable bonds is 4. The van der Waals surface area contributed by atoms with Crippen LogP contribution in [0.5, 0.6) is 23.1 Å². The Balaban J connectivity index is 2.27. The third kappa shape index (κ3) is 2.50. The molecule has 3 N–H and O–H groups in total. The van der Waals surface area contributed by atoms with Crippen molar-refractivity contribution in [2.75, 3.05) is 21.3 Å². The quantitative estimate of drug-likeness (QED) is 0.872. The molecular formula is C17H18N4O4. The minimum Gasteiger partial charge on any atom is -0.493 e. The van der Waals surface area contributed by atoms with Crippen LogP contribution in [0.3, 0.4) is 0 Å². The number of aromatic amines is 1. The molecule has 2 heterocycles. The lowest BCUT2D eigenvalue weighted by atomic mass is 9.84. The van der Waals surface area contributed by atoms with Gasteiger partial charge in [0.05, 0.1) is 27.2 Å². The van der Waals surface area contributed by atoms with Crippen molar-refractivity contribution in [2.45, 2.75) is 12.8 Å². The molecule has 0 saturated carbocycles. The molecule has 0 aliphatic carbocycles. The van der Waals surface area contributed by atoms with E-state index in [1.165, 1.54) is 21.3 Å². The van der Waals surface area contributed by atoms with Gasteiger partial charge >= 0.3 is 0 Å². The van der Waals surface area contributed by atoms with E-state index < -0.39 is 5.92 Å². The zero-order valence-electron chi connectivity index (χ0n) is 14.3. The van der Waals surface area contributed by atoms with Crippen LogP contribution in [0.4, 0.5) is 0 Å². The second kappa shape index (κ2) is 6.28. The molecule has 0 spiro atoms. The van der Waals surface area contributed by atoms with Crippen molar-refractivity contribution in [2.24, 2.45) is 5.73 Å². The van der Waals surface area contributed by atoms with Gasteiger partial charge in [0.2, 0.25) is 17.5 Å². The van der Waals surface area contributed by atoms with E-state index in [-0.39, 0.29) is 5.88 Å². The Kier molecular flexibility index (Phi) is 4.15.